The van der Waals surface area contributed by atoms with Crippen molar-refractivity contribution in [3.8, 4) is 0 Å². The van der Waals surface area contributed by atoms with Crippen LogP contribution in [0.2, 0.25) is 0 Å². The van der Waals surface area contributed by atoms with Crippen LogP contribution in [0.15, 0.2) is 29.2 Å². The summed E-state index contributed by atoms with van der Waals surface area (Å²) >= 11 is 1.73. The smallest absolute Gasteiger partial charge is 0.307 e. The second-order valence-corrected chi connectivity index (χ2v) is 6.49. The Bertz CT molecular complexity index is 481. The van der Waals surface area contributed by atoms with Gasteiger partial charge in [0.2, 0.25) is 0 Å². The van der Waals surface area contributed by atoms with E-state index in [4.69, 9.17) is 0 Å². The topological polar surface area (TPSA) is 54.4 Å². The molecule has 20 heavy (non-hydrogen) atoms. The highest BCUT2D eigenvalue weighted by Gasteiger charge is 2.35. The van der Waals surface area contributed by atoms with E-state index in [1.807, 2.05) is 24.3 Å². The van der Waals surface area contributed by atoms with Crippen LogP contribution in [0, 0.1) is 11.8 Å². The molecule has 1 saturated carbocycles. The van der Waals surface area contributed by atoms with Crippen LogP contribution in [0.3, 0.4) is 0 Å². The predicted molar refractivity (Wildman–Crippen MR) is 80.3 cm³/mol. The second kappa shape index (κ2) is 6.93. The van der Waals surface area contributed by atoms with Gasteiger partial charge in [0.1, 0.15) is 0 Å². The summed E-state index contributed by atoms with van der Waals surface area (Å²) in [5, 5.41) is 9.26. The van der Waals surface area contributed by atoms with E-state index in [0.29, 0.717) is 18.4 Å². The van der Waals surface area contributed by atoms with Crippen molar-refractivity contribution in [2.75, 3.05) is 5.75 Å². The first-order valence-electron chi connectivity index (χ1n) is 7.13. The third-order valence-corrected chi connectivity index (χ3v) is 4.76. The summed E-state index contributed by atoms with van der Waals surface area (Å²) in [7, 11) is 0. The third kappa shape index (κ3) is 3.42. The van der Waals surface area contributed by atoms with E-state index in [-0.39, 0.29) is 11.7 Å². The van der Waals surface area contributed by atoms with Crippen molar-refractivity contribution >= 4 is 23.5 Å². The van der Waals surface area contributed by atoms with Gasteiger partial charge in [0.25, 0.3) is 0 Å². The Morgan fingerprint density at radius 1 is 1.15 bits per heavy atom. The molecule has 2 atom stereocenters. The number of carbonyl (C=O) groups is 2. The molecule has 1 fully saturated rings. The van der Waals surface area contributed by atoms with Gasteiger partial charge in [0.05, 0.1) is 5.92 Å². The molecule has 0 saturated heterocycles. The molecule has 0 aliphatic heterocycles. The van der Waals surface area contributed by atoms with Crippen LogP contribution < -0.4 is 0 Å². The largest absolute Gasteiger partial charge is 0.481 e. The van der Waals surface area contributed by atoms with E-state index in [0.717, 1.165) is 23.5 Å². The van der Waals surface area contributed by atoms with Gasteiger partial charge in [0.15, 0.2) is 5.78 Å². The monoisotopic (exact) mass is 292 g/mol. The fraction of sp³-hybridized carbons (Fsp3) is 0.500. The van der Waals surface area contributed by atoms with Crippen molar-refractivity contribution in [2.24, 2.45) is 11.8 Å². The van der Waals surface area contributed by atoms with E-state index >= 15 is 0 Å². The van der Waals surface area contributed by atoms with E-state index in [1.165, 1.54) is 0 Å². The fourth-order valence-corrected chi connectivity index (χ4v) is 3.50. The average Bonchev–Trinajstić information content (AvgIpc) is 2.47. The summed E-state index contributed by atoms with van der Waals surface area (Å²) in [4.78, 5) is 24.9. The average molecular weight is 292 g/mol. The molecule has 0 aromatic heterocycles. The molecule has 0 bridgehead atoms. The normalized spacial score (nSPS) is 22.4. The molecule has 0 spiro atoms. The van der Waals surface area contributed by atoms with Gasteiger partial charge in [0, 0.05) is 16.4 Å². The SMILES string of the molecule is CCSc1ccc(C(=O)[C@H]2CCCC[C@@H]2C(=O)O)cc1. The zero-order chi connectivity index (χ0) is 14.5. The summed E-state index contributed by atoms with van der Waals surface area (Å²) in [6, 6.07) is 7.54. The summed E-state index contributed by atoms with van der Waals surface area (Å²) in [5.41, 5.74) is 0.642. The number of hydrogen-bond acceptors (Lipinski definition) is 3. The van der Waals surface area contributed by atoms with E-state index in [1.54, 1.807) is 11.8 Å². The number of rotatable bonds is 5. The maximum Gasteiger partial charge on any atom is 0.307 e. The maximum atomic E-state index is 12.5. The lowest BCUT2D eigenvalue weighted by Crippen LogP contribution is -2.32. The van der Waals surface area contributed by atoms with Crippen LogP contribution in [0.1, 0.15) is 43.0 Å². The van der Waals surface area contributed by atoms with Crippen LogP contribution in [-0.4, -0.2) is 22.6 Å². The number of benzene rings is 1. The maximum absolute atomic E-state index is 12.5. The van der Waals surface area contributed by atoms with Gasteiger partial charge in [-0.2, -0.15) is 0 Å². The van der Waals surface area contributed by atoms with Crippen LogP contribution in [0.5, 0.6) is 0 Å². The molecule has 1 aromatic carbocycles. The first kappa shape index (κ1) is 15.1. The Balaban J connectivity index is 2.14. The molecule has 1 N–H and O–H groups in total. The van der Waals surface area contributed by atoms with Gasteiger partial charge < -0.3 is 5.11 Å². The molecule has 4 heteroatoms. The van der Waals surface area contributed by atoms with Crippen molar-refractivity contribution < 1.29 is 14.7 Å². The number of hydrogen-bond donors (Lipinski definition) is 1. The van der Waals surface area contributed by atoms with E-state index in [2.05, 4.69) is 6.92 Å². The lowest BCUT2D eigenvalue weighted by Gasteiger charge is -2.27. The minimum atomic E-state index is -0.832. The third-order valence-electron chi connectivity index (χ3n) is 3.87. The molecule has 0 heterocycles. The Labute approximate surface area is 123 Å². The van der Waals surface area contributed by atoms with E-state index < -0.39 is 11.9 Å². The summed E-state index contributed by atoms with van der Waals surface area (Å²) < 4.78 is 0. The molecule has 2 rings (SSSR count). The second-order valence-electron chi connectivity index (χ2n) is 5.16. The van der Waals surface area contributed by atoms with Crippen LogP contribution in [0.25, 0.3) is 0 Å². The molecular formula is C16H20O3S. The van der Waals surface area contributed by atoms with Crippen molar-refractivity contribution in [3.63, 3.8) is 0 Å². The quantitative estimate of drug-likeness (QED) is 0.661. The van der Waals surface area contributed by atoms with Crippen molar-refractivity contribution in [3.05, 3.63) is 29.8 Å². The molecule has 108 valence electrons. The highest BCUT2D eigenvalue weighted by atomic mass is 32.2. The van der Waals surface area contributed by atoms with Gasteiger partial charge >= 0.3 is 5.97 Å². The van der Waals surface area contributed by atoms with Gasteiger partial charge in [-0.3, -0.25) is 9.59 Å². The highest BCUT2D eigenvalue weighted by molar-refractivity contribution is 7.99. The zero-order valence-corrected chi connectivity index (χ0v) is 12.5. The molecular weight excluding hydrogens is 272 g/mol. The molecule has 1 aromatic rings. The van der Waals surface area contributed by atoms with Crippen molar-refractivity contribution in [1.82, 2.24) is 0 Å². The van der Waals surface area contributed by atoms with Gasteiger partial charge in [-0.1, -0.05) is 31.9 Å². The zero-order valence-electron chi connectivity index (χ0n) is 11.7. The van der Waals surface area contributed by atoms with Crippen LogP contribution in [0.4, 0.5) is 0 Å². The minimum Gasteiger partial charge on any atom is -0.481 e. The van der Waals surface area contributed by atoms with Crippen LogP contribution in [-0.2, 0) is 4.79 Å². The lowest BCUT2D eigenvalue weighted by atomic mass is 9.75. The van der Waals surface area contributed by atoms with Gasteiger partial charge in [-0.25, -0.2) is 0 Å². The van der Waals surface area contributed by atoms with E-state index in [9.17, 15) is 14.7 Å². The van der Waals surface area contributed by atoms with Gasteiger partial charge in [-0.05, 0) is 30.7 Å². The highest BCUT2D eigenvalue weighted by Crippen LogP contribution is 2.33. The minimum absolute atomic E-state index is 0.00912. The standard InChI is InChI=1S/C16H20O3S/c1-2-20-12-9-7-11(8-10-12)15(17)13-5-3-4-6-14(13)16(18)19/h7-10,13-14H,2-6H2,1H3,(H,18,19)/t13-,14-/m0/s1. The summed E-state index contributed by atoms with van der Waals surface area (Å²) in [6.07, 6.45) is 3.17. The number of aliphatic carboxylic acids is 1. The number of carbonyl (C=O) groups excluding carboxylic acids is 1. The molecule has 3 nitrogen and oxygen atoms in total. The first-order valence-corrected chi connectivity index (χ1v) is 8.12. The number of carboxylic acid groups (broad SMARTS) is 1. The summed E-state index contributed by atoms with van der Waals surface area (Å²) in [6.45, 7) is 2.09. The van der Waals surface area contributed by atoms with Gasteiger partial charge in [-0.15, -0.1) is 11.8 Å². The number of Topliss-reactive ketones (excluding diaryl/α,β-unsaturated/α-hetero) is 1. The Kier molecular flexibility index (Phi) is 5.24. The predicted octanol–water partition coefficient (Wildman–Crippen LogP) is 3.87. The number of carboxylic acids is 1. The van der Waals surface area contributed by atoms with Crippen molar-refractivity contribution in [2.45, 2.75) is 37.5 Å². The molecule has 1 aliphatic carbocycles. The molecule has 0 amide bonds. The molecule has 0 unspecified atom stereocenters. The summed E-state index contributed by atoms with van der Waals surface area (Å²) in [5.74, 6) is -0.713. The Hall–Kier alpha value is -1.29. The number of ketones is 1. The number of thioether (sulfide) groups is 1. The Morgan fingerprint density at radius 2 is 1.75 bits per heavy atom. The Morgan fingerprint density at radius 3 is 2.30 bits per heavy atom. The molecule has 0 radical (unpaired) electrons. The van der Waals surface area contributed by atoms with Crippen molar-refractivity contribution in [1.29, 1.82) is 0 Å². The lowest BCUT2D eigenvalue weighted by molar-refractivity contribution is -0.144. The van der Waals surface area contributed by atoms with Crippen LogP contribution >= 0.6 is 11.8 Å². The molecule has 1 aliphatic rings. The fourth-order valence-electron chi connectivity index (χ4n) is 2.84. The first-order chi connectivity index (χ1) is 9.63.